The smallest absolute Gasteiger partial charge is 0.305 e. The van der Waals surface area contributed by atoms with Crippen LogP contribution < -0.4 is 0 Å². The number of ether oxygens (including phenoxy) is 2. The number of rotatable bonds is 9. The molecule has 6 heteroatoms. The van der Waals surface area contributed by atoms with Crippen LogP contribution in [0.1, 0.15) is 49.8 Å². The molecular weight excluding hydrogens is 380 g/mol. The molecule has 0 atom stereocenters. The summed E-state index contributed by atoms with van der Waals surface area (Å²) < 4.78 is 10.1. The molecule has 0 radical (unpaired) electrons. The Morgan fingerprint density at radius 1 is 1.37 bits per heavy atom. The molecule has 2 aliphatic heterocycles. The second-order valence-corrected chi connectivity index (χ2v) is 8.69. The minimum absolute atomic E-state index is 0.145. The summed E-state index contributed by atoms with van der Waals surface area (Å²) in [5, 5.41) is 4.31. The highest BCUT2D eigenvalue weighted by Crippen LogP contribution is 2.38. The van der Waals surface area contributed by atoms with Crippen LogP contribution in [-0.2, 0) is 25.5 Å². The predicted molar refractivity (Wildman–Crippen MR) is 118 cm³/mol. The fourth-order valence-corrected chi connectivity index (χ4v) is 4.03. The van der Waals surface area contributed by atoms with Crippen LogP contribution in [0.5, 0.6) is 0 Å². The third kappa shape index (κ3) is 5.22. The first-order chi connectivity index (χ1) is 14.4. The maximum absolute atomic E-state index is 11.5. The lowest BCUT2D eigenvalue weighted by Gasteiger charge is -2.50. The van der Waals surface area contributed by atoms with Gasteiger partial charge in [-0.05, 0) is 50.3 Å². The molecule has 30 heavy (non-hydrogen) atoms. The Balaban J connectivity index is 1.53. The van der Waals surface area contributed by atoms with Gasteiger partial charge in [0, 0.05) is 36.4 Å². The fraction of sp³-hybridized carbons (Fsp3) is 0.583. The van der Waals surface area contributed by atoms with E-state index in [4.69, 9.17) is 14.3 Å². The third-order valence-electron chi connectivity index (χ3n) is 6.52. The number of likely N-dealkylation sites (tertiary alicyclic amines) is 1. The van der Waals surface area contributed by atoms with Crippen molar-refractivity contribution in [1.29, 1.82) is 0 Å². The van der Waals surface area contributed by atoms with Crippen molar-refractivity contribution < 1.29 is 19.1 Å². The van der Waals surface area contributed by atoms with Crippen LogP contribution in [0.25, 0.3) is 5.76 Å². The molecular formula is C24H34N2O4. The van der Waals surface area contributed by atoms with Gasteiger partial charge in [0.05, 0.1) is 20.3 Å². The fourth-order valence-electron chi connectivity index (χ4n) is 4.03. The molecule has 2 aliphatic rings. The van der Waals surface area contributed by atoms with Crippen molar-refractivity contribution in [2.45, 2.75) is 46.5 Å². The van der Waals surface area contributed by atoms with E-state index in [1.165, 1.54) is 18.2 Å². The van der Waals surface area contributed by atoms with Gasteiger partial charge in [-0.3, -0.25) is 4.79 Å². The number of hydrogen-bond donors (Lipinski definition) is 0. The number of methoxy groups -OCH3 is 1. The standard InChI is InChI=1S/C24H34N2O4/c1-6-24(10-9-23(27)28-5)15-26(16-24)19(4)25-30-18(3)21-8-7-17(2)22(12-21)11-20-13-29-14-20/h7-8,12,20H,3,6,9-11,13-16H2,1-2,4-5H3/b25-19+. The van der Waals surface area contributed by atoms with Crippen LogP contribution >= 0.6 is 0 Å². The summed E-state index contributed by atoms with van der Waals surface area (Å²) in [5.41, 5.74) is 3.70. The summed E-state index contributed by atoms with van der Waals surface area (Å²) in [4.78, 5) is 19.3. The van der Waals surface area contributed by atoms with Gasteiger partial charge in [-0.2, -0.15) is 0 Å². The van der Waals surface area contributed by atoms with Crippen molar-refractivity contribution in [3.63, 3.8) is 0 Å². The molecule has 1 aromatic carbocycles. The first-order valence-corrected chi connectivity index (χ1v) is 10.8. The van der Waals surface area contributed by atoms with E-state index in [1.54, 1.807) is 0 Å². The monoisotopic (exact) mass is 414 g/mol. The zero-order valence-corrected chi connectivity index (χ0v) is 18.7. The lowest BCUT2D eigenvalue weighted by Crippen LogP contribution is -2.57. The average Bonchev–Trinajstić information content (AvgIpc) is 2.69. The van der Waals surface area contributed by atoms with Gasteiger partial charge in [0.25, 0.3) is 0 Å². The van der Waals surface area contributed by atoms with Crippen molar-refractivity contribution in [3.8, 4) is 0 Å². The topological polar surface area (TPSA) is 60.4 Å². The largest absolute Gasteiger partial charge is 0.469 e. The van der Waals surface area contributed by atoms with Gasteiger partial charge in [-0.15, -0.1) is 0 Å². The van der Waals surface area contributed by atoms with Crippen LogP contribution in [0.3, 0.4) is 0 Å². The third-order valence-corrected chi connectivity index (χ3v) is 6.52. The summed E-state index contributed by atoms with van der Waals surface area (Å²) in [6.45, 7) is 13.8. The van der Waals surface area contributed by atoms with E-state index < -0.39 is 0 Å². The Morgan fingerprint density at radius 3 is 2.70 bits per heavy atom. The SMILES string of the molecule is C=C(O/N=C(\C)N1CC(CC)(CCC(=O)OC)C1)c1ccc(C)c(CC2COC2)c1. The minimum Gasteiger partial charge on any atom is -0.469 e. The second-order valence-electron chi connectivity index (χ2n) is 8.69. The number of hydrogen-bond acceptors (Lipinski definition) is 5. The van der Waals surface area contributed by atoms with Crippen molar-refractivity contribution in [3.05, 3.63) is 41.5 Å². The Labute approximate surface area is 179 Å². The first-order valence-electron chi connectivity index (χ1n) is 10.8. The predicted octanol–water partition coefficient (Wildman–Crippen LogP) is 4.17. The number of oxime groups is 1. The molecule has 1 aromatic rings. The Kier molecular flexibility index (Phi) is 7.19. The number of carbonyl (C=O) groups excluding carboxylic acids is 1. The quantitative estimate of drug-likeness (QED) is 0.200. The van der Waals surface area contributed by atoms with Crippen molar-refractivity contribution in [2.24, 2.45) is 16.5 Å². The minimum atomic E-state index is -0.145. The highest BCUT2D eigenvalue weighted by Gasteiger charge is 2.42. The molecule has 0 N–H and O–H groups in total. The Hall–Kier alpha value is -2.34. The highest BCUT2D eigenvalue weighted by molar-refractivity contribution is 5.80. The van der Waals surface area contributed by atoms with E-state index in [-0.39, 0.29) is 11.4 Å². The molecule has 164 valence electrons. The number of carbonyl (C=O) groups is 1. The molecule has 0 spiro atoms. The normalized spacial score (nSPS) is 18.4. The van der Waals surface area contributed by atoms with E-state index in [9.17, 15) is 4.79 Å². The summed E-state index contributed by atoms with van der Waals surface area (Å²) in [6.07, 6.45) is 3.35. The average molecular weight is 415 g/mol. The van der Waals surface area contributed by atoms with Crippen LogP contribution in [0.15, 0.2) is 29.9 Å². The van der Waals surface area contributed by atoms with Crippen LogP contribution in [0.4, 0.5) is 0 Å². The van der Waals surface area contributed by atoms with E-state index in [2.05, 4.69) is 42.6 Å². The number of esters is 1. The molecule has 0 bridgehead atoms. The zero-order valence-electron chi connectivity index (χ0n) is 18.7. The van der Waals surface area contributed by atoms with Gasteiger partial charge in [-0.1, -0.05) is 30.8 Å². The van der Waals surface area contributed by atoms with Gasteiger partial charge < -0.3 is 19.2 Å². The molecule has 2 fully saturated rings. The molecule has 0 saturated carbocycles. The van der Waals surface area contributed by atoms with Gasteiger partial charge in [0.15, 0.2) is 5.76 Å². The molecule has 6 nitrogen and oxygen atoms in total. The second kappa shape index (κ2) is 9.65. The number of amidine groups is 1. The molecule has 2 saturated heterocycles. The number of benzene rings is 1. The van der Waals surface area contributed by atoms with E-state index in [1.807, 2.05) is 13.0 Å². The summed E-state index contributed by atoms with van der Waals surface area (Å²) in [5.74, 6) is 1.84. The maximum atomic E-state index is 11.5. The Morgan fingerprint density at radius 2 is 2.10 bits per heavy atom. The first kappa shape index (κ1) is 22.3. The van der Waals surface area contributed by atoms with E-state index >= 15 is 0 Å². The van der Waals surface area contributed by atoms with Crippen LogP contribution in [0.2, 0.25) is 0 Å². The van der Waals surface area contributed by atoms with Crippen LogP contribution in [0, 0.1) is 18.3 Å². The lowest BCUT2D eigenvalue weighted by molar-refractivity contribution is -0.142. The van der Waals surface area contributed by atoms with Crippen molar-refractivity contribution in [1.82, 2.24) is 4.90 Å². The Bertz CT molecular complexity index is 807. The zero-order chi connectivity index (χ0) is 21.7. The molecule has 0 aliphatic carbocycles. The maximum Gasteiger partial charge on any atom is 0.305 e. The van der Waals surface area contributed by atoms with Gasteiger partial charge in [0.2, 0.25) is 0 Å². The summed E-state index contributed by atoms with van der Waals surface area (Å²) >= 11 is 0. The molecule has 0 aromatic heterocycles. The highest BCUT2D eigenvalue weighted by atomic mass is 16.6. The van der Waals surface area contributed by atoms with E-state index in [0.29, 0.717) is 18.1 Å². The molecule has 3 rings (SSSR count). The molecule has 2 heterocycles. The van der Waals surface area contributed by atoms with Crippen molar-refractivity contribution >= 4 is 17.6 Å². The van der Waals surface area contributed by atoms with Gasteiger partial charge in [0.1, 0.15) is 5.84 Å². The summed E-state index contributed by atoms with van der Waals surface area (Å²) in [6, 6.07) is 6.29. The van der Waals surface area contributed by atoms with Crippen LogP contribution in [-0.4, -0.2) is 50.1 Å². The van der Waals surface area contributed by atoms with Gasteiger partial charge >= 0.3 is 5.97 Å². The molecule has 0 unspecified atom stereocenters. The van der Waals surface area contributed by atoms with Crippen molar-refractivity contribution in [2.75, 3.05) is 33.4 Å². The summed E-state index contributed by atoms with van der Waals surface area (Å²) in [7, 11) is 1.44. The van der Waals surface area contributed by atoms with E-state index in [0.717, 1.165) is 57.0 Å². The van der Waals surface area contributed by atoms with Gasteiger partial charge in [-0.25, -0.2) is 0 Å². The lowest BCUT2D eigenvalue weighted by atomic mass is 9.73. The number of nitrogens with zero attached hydrogens (tertiary/aromatic N) is 2. The number of aryl methyl sites for hydroxylation is 1. The molecule has 0 amide bonds.